The minimum absolute atomic E-state index is 0.279. The van der Waals surface area contributed by atoms with Crippen LogP contribution in [0.15, 0.2) is 29.2 Å². The Balaban J connectivity index is 2.08. The maximum absolute atomic E-state index is 12.5. The van der Waals surface area contributed by atoms with Crippen molar-refractivity contribution in [2.75, 3.05) is 6.54 Å². The SMILES string of the molecule is CC(C)NCc1ccccc1S(=O)(=O)NCC1CC1(C)C. The van der Waals surface area contributed by atoms with Gasteiger partial charge in [-0.1, -0.05) is 45.9 Å². The molecule has 118 valence electrons. The van der Waals surface area contributed by atoms with Crippen molar-refractivity contribution >= 4 is 10.0 Å². The first-order valence-electron chi connectivity index (χ1n) is 7.53. The lowest BCUT2D eigenvalue weighted by atomic mass is 10.1. The van der Waals surface area contributed by atoms with Gasteiger partial charge in [0.25, 0.3) is 0 Å². The van der Waals surface area contributed by atoms with Crippen LogP contribution in [0, 0.1) is 11.3 Å². The highest BCUT2D eigenvalue weighted by atomic mass is 32.2. The van der Waals surface area contributed by atoms with Crippen molar-refractivity contribution in [1.82, 2.24) is 10.0 Å². The molecule has 0 heterocycles. The van der Waals surface area contributed by atoms with Crippen molar-refractivity contribution in [2.45, 2.75) is 51.6 Å². The molecule has 1 aliphatic carbocycles. The Kier molecular flexibility index (Phi) is 4.76. The van der Waals surface area contributed by atoms with E-state index in [0.717, 1.165) is 12.0 Å². The number of hydrogen-bond acceptors (Lipinski definition) is 3. The molecule has 2 rings (SSSR count). The van der Waals surface area contributed by atoms with Crippen molar-refractivity contribution < 1.29 is 8.42 Å². The Bertz CT molecular complexity index is 594. The lowest BCUT2D eigenvalue weighted by molar-refractivity contribution is 0.535. The summed E-state index contributed by atoms with van der Waals surface area (Å²) in [5, 5.41) is 3.27. The molecule has 0 saturated heterocycles. The monoisotopic (exact) mass is 310 g/mol. The molecule has 21 heavy (non-hydrogen) atoms. The summed E-state index contributed by atoms with van der Waals surface area (Å²) in [5.74, 6) is 0.452. The first-order chi connectivity index (χ1) is 9.72. The van der Waals surface area contributed by atoms with Crippen LogP contribution in [0.1, 0.15) is 39.7 Å². The predicted octanol–water partition coefficient (Wildman–Crippen LogP) is 2.51. The van der Waals surface area contributed by atoms with Gasteiger partial charge in [0.1, 0.15) is 0 Å². The summed E-state index contributed by atoms with van der Waals surface area (Å²) in [6.07, 6.45) is 1.09. The number of hydrogen-bond donors (Lipinski definition) is 2. The molecule has 1 aromatic carbocycles. The average Bonchev–Trinajstić information content (AvgIpc) is 3.02. The fourth-order valence-corrected chi connectivity index (χ4v) is 3.76. The Hall–Kier alpha value is -0.910. The van der Waals surface area contributed by atoms with Gasteiger partial charge in [-0.2, -0.15) is 0 Å². The Labute approximate surface area is 128 Å². The van der Waals surface area contributed by atoms with Gasteiger partial charge < -0.3 is 5.32 Å². The Morgan fingerprint density at radius 3 is 2.48 bits per heavy atom. The van der Waals surface area contributed by atoms with E-state index in [1.165, 1.54) is 0 Å². The van der Waals surface area contributed by atoms with Gasteiger partial charge in [-0.25, -0.2) is 13.1 Å². The normalized spacial score (nSPS) is 20.7. The maximum atomic E-state index is 12.5. The third-order valence-electron chi connectivity index (χ3n) is 4.20. The number of nitrogens with one attached hydrogen (secondary N) is 2. The van der Waals surface area contributed by atoms with Crippen molar-refractivity contribution in [2.24, 2.45) is 11.3 Å². The minimum Gasteiger partial charge on any atom is -0.310 e. The maximum Gasteiger partial charge on any atom is 0.240 e. The third-order valence-corrected chi connectivity index (χ3v) is 5.72. The van der Waals surface area contributed by atoms with E-state index in [0.29, 0.717) is 29.9 Å². The molecule has 1 fully saturated rings. The highest BCUT2D eigenvalue weighted by Gasteiger charge is 2.45. The van der Waals surface area contributed by atoms with Crippen LogP contribution >= 0.6 is 0 Å². The molecule has 0 bridgehead atoms. The molecule has 1 aromatic rings. The molecular formula is C16H26N2O2S. The zero-order valence-electron chi connectivity index (χ0n) is 13.3. The van der Waals surface area contributed by atoms with Crippen LogP contribution in [0.4, 0.5) is 0 Å². The molecule has 0 radical (unpaired) electrons. The molecule has 1 atom stereocenters. The summed E-state index contributed by atoms with van der Waals surface area (Å²) in [4.78, 5) is 0.386. The topological polar surface area (TPSA) is 58.2 Å². The van der Waals surface area contributed by atoms with Crippen LogP contribution in [0.3, 0.4) is 0 Å². The first kappa shape index (κ1) is 16.5. The molecule has 0 aliphatic heterocycles. The van der Waals surface area contributed by atoms with Gasteiger partial charge >= 0.3 is 0 Å². The average molecular weight is 310 g/mol. The van der Waals surface area contributed by atoms with Crippen LogP contribution in [0.25, 0.3) is 0 Å². The summed E-state index contributed by atoms with van der Waals surface area (Å²) in [7, 11) is -3.43. The van der Waals surface area contributed by atoms with E-state index < -0.39 is 10.0 Å². The smallest absolute Gasteiger partial charge is 0.240 e. The first-order valence-corrected chi connectivity index (χ1v) is 9.01. The second-order valence-electron chi connectivity index (χ2n) is 6.88. The Morgan fingerprint density at radius 2 is 1.90 bits per heavy atom. The summed E-state index contributed by atoms with van der Waals surface area (Å²) in [5.41, 5.74) is 1.09. The van der Waals surface area contributed by atoms with Crippen LogP contribution < -0.4 is 10.0 Å². The zero-order valence-corrected chi connectivity index (χ0v) is 14.1. The largest absolute Gasteiger partial charge is 0.310 e. The number of sulfonamides is 1. The van der Waals surface area contributed by atoms with Gasteiger partial charge in [0, 0.05) is 19.1 Å². The van der Waals surface area contributed by atoms with Gasteiger partial charge in [0.05, 0.1) is 4.90 Å². The second-order valence-corrected chi connectivity index (χ2v) is 8.62. The third kappa shape index (κ3) is 4.28. The second kappa shape index (κ2) is 6.07. The number of rotatable bonds is 7. The van der Waals surface area contributed by atoms with Gasteiger partial charge in [-0.05, 0) is 29.4 Å². The molecule has 2 N–H and O–H groups in total. The number of benzene rings is 1. The molecule has 1 aliphatic rings. The fourth-order valence-electron chi connectivity index (χ4n) is 2.44. The molecule has 5 heteroatoms. The van der Waals surface area contributed by atoms with E-state index in [4.69, 9.17) is 0 Å². The van der Waals surface area contributed by atoms with Crippen molar-refractivity contribution in [3.05, 3.63) is 29.8 Å². The molecule has 0 spiro atoms. The van der Waals surface area contributed by atoms with E-state index in [2.05, 4.69) is 23.9 Å². The lowest BCUT2D eigenvalue weighted by Gasteiger charge is -2.14. The molecule has 0 amide bonds. The van der Waals surface area contributed by atoms with Crippen LogP contribution in [-0.2, 0) is 16.6 Å². The molecule has 0 aromatic heterocycles. The van der Waals surface area contributed by atoms with E-state index in [9.17, 15) is 8.42 Å². The van der Waals surface area contributed by atoms with Gasteiger partial charge in [0.2, 0.25) is 10.0 Å². The highest BCUT2D eigenvalue weighted by molar-refractivity contribution is 7.89. The van der Waals surface area contributed by atoms with E-state index in [1.807, 2.05) is 26.0 Å². The molecule has 1 saturated carbocycles. The lowest BCUT2D eigenvalue weighted by Crippen LogP contribution is -2.29. The van der Waals surface area contributed by atoms with E-state index in [-0.39, 0.29) is 5.41 Å². The van der Waals surface area contributed by atoms with E-state index in [1.54, 1.807) is 12.1 Å². The van der Waals surface area contributed by atoms with Crippen LogP contribution in [0.2, 0.25) is 0 Å². The summed E-state index contributed by atoms with van der Waals surface area (Å²) < 4.78 is 27.8. The van der Waals surface area contributed by atoms with Gasteiger partial charge in [0.15, 0.2) is 0 Å². The molecular weight excluding hydrogens is 284 g/mol. The van der Waals surface area contributed by atoms with Gasteiger partial charge in [-0.15, -0.1) is 0 Å². The van der Waals surface area contributed by atoms with E-state index >= 15 is 0 Å². The fraction of sp³-hybridized carbons (Fsp3) is 0.625. The van der Waals surface area contributed by atoms with Crippen molar-refractivity contribution in [3.8, 4) is 0 Å². The Morgan fingerprint density at radius 1 is 1.29 bits per heavy atom. The highest BCUT2D eigenvalue weighted by Crippen LogP contribution is 2.51. The molecule has 4 nitrogen and oxygen atoms in total. The van der Waals surface area contributed by atoms with Crippen molar-refractivity contribution in [3.63, 3.8) is 0 Å². The predicted molar refractivity (Wildman–Crippen MR) is 85.5 cm³/mol. The van der Waals surface area contributed by atoms with Crippen molar-refractivity contribution in [1.29, 1.82) is 0 Å². The van der Waals surface area contributed by atoms with Crippen LogP contribution in [0.5, 0.6) is 0 Å². The summed E-state index contributed by atoms with van der Waals surface area (Å²) >= 11 is 0. The zero-order chi connectivity index (χ0) is 15.7. The van der Waals surface area contributed by atoms with Gasteiger partial charge in [-0.3, -0.25) is 0 Å². The summed E-state index contributed by atoms with van der Waals surface area (Å²) in [6.45, 7) is 9.53. The molecule has 1 unspecified atom stereocenters. The summed E-state index contributed by atoms with van der Waals surface area (Å²) in [6, 6.07) is 7.51. The van der Waals surface area contributed by atoms with Crippen LogP contribution in [-0.4, -0.2) is 21.0 Å². The minimum atomic E-state index is -3.43. The standard InChI is InChI=1S/C16H26N2O2S/c1-12(2)17-10-13-7-5-6-8-15(13)21(19,20)18-11-14-9-16(14,3)4/h5-8,12,14,17-18H,9-11H2,1-4H3. The quantitative estimate of drug-likeness (QED) is 0.813.